The summed E-state index contributed by atoms with van der Waals surface area (Å²) in [5, 5.41) is 6.83. The first kappa shape index (κ1) is 17.7. The van der Waals surface area contributed by atoms with E-state index in [9.17, 15) is 13.2 Å². The van der Waals surface area contributed by atoms with E-state index in [0.29, 0.717) is 17.8 Å². The van der Waals surface area contributed by atoms with Crippen LogP contribution in [-0.2, 0) is 23.6 Å². The number of carbonyl (C=O) groups excluding carboxylic acids is 1. The Balaban J connectivity index is 1.63. The molecular formula is C18H18N4O3S. The minimum absolute atomic E-state index is 0.179. The minimum Gasteiger partial charge on any atom is -0.348 e. The third-order valence-electron chi connectivity index (χ3n) is 3.66. The standard InChI is InChI=1S/C18H18N4O3S/c1-22-13-14(12-20-22)11-19-18(23)15-7-9-16(10-8-15)21-26(24,25)17-5-3-2-4-6-17/h2-10,12-13,21H,11H2,1H3,(H,19,23). The van der Waals surface area contributed by atoms with Gasteiger partial charge in [0.2, 0.25) is 0 Å². The lowest BCUT2D eigenvalue weighted by Crippen LogP contribution is -2.22. The molecule has 2 N–H and O–H groups in total. The van der Waals surface area contributed by atoms with Crippen LogP contribution in [0.3, 0.4) is 0 Å². The van der Waals surface area contributed by atoms with Crippen molar-refractivity contribution in [2.75, 3.05) is 4.72 Å². The van der Waals surface area contributed by atoms with E-state index in [-0.39, 0.29) is 10.8 Å². The highest BCUT2D eigenvalue weighted by molar-refractivity contribution is 7.92. The number of hydrogen-bond acceptors (Lipinski definition) is 4. The summed E-state index contributed by atoms with van der Waals surface area (Å²) >= 11 is 0. The molecule has 0 spiro atoms. The van der Waals surface area contributed by atoms with Crippen molar-refractivity contribution >= 4 is 21.6 Å². The molecule has 0 bridgehead atoms. The van der Waals surface area contributed by atoms with Crippen LogP contribution in [0.15, 0.2) is 71.9 Å². The van der Waals surface area contributed by atoms with Gasteiger partial charge in [0, 0.05) is 36.6 Å². The highest BCUT2D eigenvalue weighted by Crippen LogP contribution is 2.16. The second-order valence-corrected chi connectivity index (χ2v) is 7.38. The Morgan fingerprint density at radius 2 is 1.77 bits per heavy atom. The van der Waals surface area contributed by atoms with Crippen LogP contribution in [0.2, 0.25) is 0 Å². The smallest absolute Gasteiger partial charge is 0.261 e. The Kier molecular flexibility index (Phi) is 5.04. The van der Waals surface area contributed by atoms with Crippen LogP contribution in [0, 0.1) is 0 Å². The van der Waals surface area contributed by atoms with E-state index in [1.54, 1.807) is 60.4 Å². The van der Waals surface area contributed by atoms with E-state index in [1.165, 1.54) is 12.1 Å². The van der Waals surface area contributed by atoms with Crippen molar-refractivity contribution in [1.82, 2.24) is 15.1 Å². The second-order valence-electron chi connectivity index (χ2n) is 5.70. The van der Waals surface area contributed by atoms with Crippen molar-refractivity contribution in [1.29, 1.82) is 0 Å². The van der Waals surface area contributed by atoms with Gasteiger partial charge in [0.15, 0.2) is 0 Å². The molecule has 134 valence electrons. The maximum Gasteiger partial charge on any atom is 0.261 e. The fourth-order valence-corrected chi connectivity index (χ4v) is 3.43. The van der Waals surface area contributed by atoms with Gasteiger partial charge in [-0.15, -0.1) is 0 Å². The lowest BCUT2D eigenvalue weighted by Gasteiger charge is -2.09. The van der Waals surface area contributed by atoms with Crippen LogP contribution in [0.4, 0.5) is 5.69 Å². The number of benzene rings is 2. The number of nitrogens with zero attached hydrogens (tertiary/aromatic N) is 2. The van der Waals surface area contributed by atoms with Crippen molar-refractivity contribution in [3.63, 3.8) is 0 Å². The first-order chi connectivity index (χ1) is 12.4. The molecule has 3 rings (SSSR count). The zero-order valence-electron chi connectivity index (χ0n) is 14.1. The van der Waals surface area contributed by atoms with Gasteiger partial charge in [0.1, 0.15) is 0 Å². The van der Waals surface area contributed by atoms with E-state index in [2.05, 4.69) is 15.1 Å². The van der Waals surface area contributed by atoms with Crippen molar-refractivity contribution in [2.45, 2.75) is 11.4 Å². The average Bonchev–Trinajstić information content (AvgIpc) is 3.06. The molecule has 0 atom stereocenters. The maximum atomic E-state index is 12.3. The number of rotatable bonds is 6. The zero-order chi connectivity index (χ0) is 18.6. The van der Waals surface area contributed by atoms with Crippen LogP contribution >= 0.6 is 0 Å². The Labute approximate surface area is 151 Å². The Morgan fingerprint density at radius 3 is 2.38 bits per heavy atom. The summed E-state index contributed by atoms with van der Waals surface area (Å²) in [6.45, 7) is 0.370. The Bertz CT molecular complexity index is 996. The van der Waals surface area contributed by atoms with Gasteiger partial charge in [-0.25, -0.2) is 8.42 Å². The molecule has 7 nitrogen and oxygen atoms in total. The second kappa shape index (κ2) is 7.40. The van der Waals surface area contributed by atoms with Crippen molar-refractivity contribution < 1.29 is 13.2 Å². The topological polar surface area (TPSA) is 93.1 Å². The lowest BCUT2D eigenvalue weighted by molar-refractivity contribution is 0.0951. The number of carbonyl (C=O) groups is 1. The van der Waals surface area contributed by atoms with Gasteiger partial charge in [-0.1, -0.05) is 18.2 Å². The molecule has 2 aromatic carbocycles. The largest absolute Gasteiger partial charge is 0.348 e. The van der Waals surface area contributed by atoms with Gasteiger partial charge >= 0.3 is 0 Å². The summed E-state index contributed by atoms with van der Waals surface area (Å²) < 4.78 is 28.7. The number of sulfonamides is 1. The third-order valence-corrected chi connectivity index (χ3v) is 5.06. The molecule has 1 aromatic heterocycles. The summed E-state index contributed by atoms with van der Waals surface area (Å²) in [5.41, 5.74) is 1.72. The molecule has 0 aliphatic carbocycles. The summed E-state index contributed by atoms with van der Waals surface area (Å²) in [6, 6.07) is 14.3. The number of amides is 1. The summed E-state index contributed by atoms with van der Waals surface area (Å²) in [5.74, 6) is -0.244. The number of nitrogens with one attached hydrogen (secondary N) is 2. The summed E-state index contributed by atoms with van der Waals surface area (Å²) in [6.07, 6.45) is 3.50. The predicted octanol–water partition coefficient (Wildman–Crippen LogP) is 2.15. The molecule has 0 unspecified atom stereocenters. The molecule has 3 aromatic rings. The highest BCUT2D eigenvalue weighted by Gasteiger charge is 2.14. The Hall–Kier alpha value is -3.13. The van der Waals surface area contributed by atoms with E-state index in [0.717, 1.165) is 5.56 Å². The molecule has 1 heterocycles. The van der Waals surface area contributed by atoms with E-state index < -0.39 is 10.0 Å². The van der Waals surface area contributed by atoms with E-state index in [4.69, 9.17) is 0 Å². The molecule has 8 heteroatoms. The predicted molar refractivity (Wildman–Crippen MR) is 98.1 cm³/mol. The molecule has 0 aliphatic rings. The number of hydrogen-bond donors (Lipinski definition) is 2. The molecule has 0 radical (unpaired) electrons. The lowest BCUT2D eigenvalue weighted by atomic mass is 10.2. The fraction of sp³-hybridized carbons (Fsp3) is 0.111. The quantitative estimate of drug-likeness (QED) is 0.695. The van der Waals surface area contributed by atoms with Crippen LogP contribution in [0.5, 0.6) is 0 Å². The molecule has 0 saturated carbocycles. The molecule has 26 heavy (non-hydrogen) atoms. The maximum absolute atomic E-state index is 12.3. The van der Waals surface area contributed by atoms with Crippen LogP contribution in [0.25, 0.3) is 0 Å². The number of aromatic nitrogens is 2. The average molecular weight is 370 g/mol. The summed E-state index contributed by atoms with van der Waals surface area (Å²) in [7, 11) is -1.84. The van der Waals surface area contributed by atoms with Crippen LogP contribution in [-0.4, -0.2) is 24.1 Å². The molecule has 0 aliphatic heterocycles. The Morgan fingerprint density at radius 1 is 1.08 bits per heavy atom. The van der Waals surface area contributed by atoms with Gasteiger partial charge in [-0.3, -0.25) is 14.2 Å². The van der Waals surface area contributed by atoms with Crippen LogP contribution in [0.1, 0.15) is 15.9 Å². The van der Waals surface area contributed by atoms with Gasteiger partial charge < -0.3 is 5.32 Å². The van der Waals surface area contributed by atoms with Gasteiger partial charge in [0.05, 0.1) is 11.1 Å². The van der Waals surface area contributed by atoms with Crippen molar-refractivity contribution in [2.24, 2.45) is 7.05 Å². The zero-order valence-corrected chi connectivity index (χ0v) is 14.9. The minimum atomic E-state index is -3.65. The van der Waals surface area contributed by atoms with Crippen molar-refractivity contribution in [3.05, 3.63) is 78.1 Å². The summed E-state index contributed by atoms with van der Waals surface area (Å²) in [4.78, 5) is 12.3. The molecular weight excluding hydrogens is 352 g/mol. The first-order valence-corrected chi connectivity index (χ1v) is 9.36. The van der Waals surface area contributed by atoms with Gasteiger partial charge in [-0.2, -0.15) is 5.10 Å². The van der Waals surface area contributed by atoms with Gasteiger partial charge in [-0.05, 0) is 36.4 Å². The monoisotopic (exact) mass is 370 g/mol. The normalized spacial score (nSPS) is 11.1. The van der Waals surface area contributed by atoms with Crippen molar-refractivity contribution in [3.8, 4) is 0 Å². The molecule has 1 amide bonds. The SMILES string of the molecule is Cn1cc(CNC(=O)c2ccc(NS(=O)(=O)c3ccccc3)cc2)cn1. The van der Waals surface area contributed by atoms with E-state index >= 15 is 0 Å². The number of anilines is 1. The first-order valence-electron chi connectivity index (χ1n) is 7.88. The fourth-order valence-electron chi connectivity index (χ4n) is 2.35. The highest BCUT2D eigenvalue weighted by atomic mass is 32.2. The van der Waals surface area contributed by atoms with Crippen LogP contribution < -0.4 is 10.0 Å². The van der Waals surface area contributed by atoms with Gasteiger partial charge in [0.25, 0.3) is 15.9 Å². The molecule has 0 fully saturated rings. The third kappa shape index (κ3) is 4.28. The molecule has 0 saturated heterocycles. The van der Waals surface area contributed by atoms with E-state index in [1.807, 2.05) is 6.20 Å². The number of aryl methyl sites for hydroxylation is 1.